The molecule has 11 heteroatoms. The van der Waals surface area contributed by atoms with Crippen LogP contribution >= 0.6 is 0 Å². The molecule has 0 atom stereocenters. The number of aromatic nitrogens is 3. The van der Waals surface area contributed by atoms with Gasteiger partial charge in [0, 0.05) is 18.3 Å². The Morgan fingerprint density at radius 1 is 1.11 bits per heavy atom. The van der Waals surface area contributed by atoms with Crippen molar-refractivity contribution in [2.45, 2.75) is 19.6 Å². The van der Waals surface area contributed by atoms with Crippen LogP contribution in [-0.2, 0) is 17.5 Å². The molecule has 2 aromatic heterocycles. The summed E-state index contributed by atoms with van der Waals surface area (Å²) in [6.07, 6.45) is -3.07. The number of aliphatic hydroxyl groups is 1. The Labute approximate surface area is 204 Å². The minimum atomic E-state index is -4.46. The first-order valence-electron chi connectivity index (χ1n) is 11.0. The number of nitriles is 1. The first-order chi connectivity index (χ1) is 17.3. The van der Waals surface area contributed by atoms with Crippen LogP contribution in [0.25, 0.3) is 11.0 Å². The minimum Gasteiger partial charge on any atom is -0.457 e. The number of benzene rings is 2. The molecule has 0 aliphatic rings. The van der Waals surface area contributed by atoms with Crippen molar-refractivity contribution in [1.82, 2.24) is 14.5 Å². The lowest BCUT2D eigenvalue weighted by Crippen LogP contribution is -2.11. The van der Waals surface area contributed by atoms with Gasteiger partial charge in [0.1, 0.15) is 35.1 Å². The Balaban J connectivity index is 1.58. The van der Waals surface area contributed by atoms with Crippen LogP contribution in [-0.4, -0.2) is 39.5 Å². The summed E-state index contributed by atoms with van der Waals surface area (Å²) in [5, 5.41) is 21.7. The highest BCUT2D eigenvalue weighted by molar-refractivity contribution is 5.89. The van der Waals surface area contributed by atoms with E-state index in [4.69, 9.17) is 14.6 Å². The molecule has 36 heavy (non-hydrogen) atoms. The van der Waals surface area contributed by atoms with E-state index in [0.29, 0.717) is 46.1 Å². The number of alkyl halides is 3. The summed E-state index contributed by atoms with van der Waals surface area (Å²) in [5.74, 6) is 0.954. The van der Waals surface area contributed by atoms with E-state index in [1.165, 1.54) is 18.5 Å². The second-order valence-corrected chi connectivity index (χ2v) is 7.82. The van der Waals surface area contributed by atoms with E-state index in [1.54, 1.807) is 35.8 Å². The van der Waals surface area contributed by atoms with Crippen LogP contribution < -0.4 is 10.1 Å². The van der Waals surface area contributed by atoms with Gasteiger partial charge >= 0.3 is 6.18 Å². The molecule has 4 aromatic rings. The molecule has 2 aromatic carbocycles. The lowest BCUT2D eigenvalue weighted by atomic mass is 10.2. The summed E-state index contributed by atoms with van der Waals surface area (Å²) in [6, 6.07) is 13.6. The van der Waals surface area contributed by atoms with E-state index in [9.17, 15) is 18.4 Å². The lowest BCUT2D eigenvalue weighted by molar-refractivity contribution is -0.137. The van der Waals surface area contributed by atoms with Crippen LogP contribution in [0, 0.1) is 18.3 Å². The molecule has 0 saturated carbocycles. The zero-order valence-corrected chi connectivity index (χ0v) is 19.2. The molecular formula is C25H22F3N5O3. The van der Waals surface area contributed by atoms with E-state index in [0.717, 1.165) is 12.1 Å². The topological polar surface area (TPSA) is 105 Å². The summed E-state index contributed by atoms with van der Waals surface area (Å²) in [5.41, 5.74) is 2.14. The number of aliphatic hydroxyl groups excluding tert-OH is 1. The van der Waals surface area contributed by atoms with Crippen molar-refractivity contribution in [1.29, 1.82) is 5.26 Å². The third-order valence-corrected chi connectivity index (χ3v) is 5.32. The van der Waals surface area contributed by atoms with Crippen LogP contribution in [0.4, 0.5) is 24.7 Å². The summed E-state index contributed by atoms with van der Waals surface area (Å²) in [6.45, 7) is 2.51. The number of nitrogens with zero attached hydrogens (tertiary/aromatic N) is 4. The Kier molecular flexibility index (Phi) is 7.38. The van der Waals surface area contributed by atoms with Gasteiger partial charge in [-0.2, -0.15) is 18.4 Å². The number of hydrogen-bond acceptors (Lipinski definition) is 7. The molecule has 4 rings (SSSR count). The van der Waals surface area contributed by atoms with Gasteiger partial charge in [-0.1, -0.05) is 6.07 Å². The van der Waals surface area contributed by atoms with Gasteiger partial charge in [-0.25, -0.2) is 9.97 Å². The minimum absolute atomic E-state index is 0.0800. The number of fused-ring (bicyclic) bond motifs is 1. The van der Waals surface area contributed by atoms with Crippen molar-refractivity contribution in [3.8, 4) is 17.6 Å². The molecule has 0 radical (unpaired) electrons. The first kappa shape index (κ1) is 25.0. The number of nitrogens with one attached hydrogen (secondary N) is 1. The van der Waals surface area contributed by atoms with Crippen LogP contribution in [0.1, 0.15) is 16.8 Å². The Bertz CT molecular complexity index is 1410. The molecule has 0 aliphatic heterocycles. The molecule has 0 amide bonds. The molecular weight excluding hydrogens is 475 g/mol. The monoisotopic (exact) mass is 497 g/mol. The van der Waals surface area contributed by atoms with Crippen molar-refractivity contribution >= 4 is 22.5 Å². The van der Waals surface area contributed by atoms with Gasteiger partial charge in [0.2, 0.25) is 0 Å². The van der Waals surface area contributed by atoms with E-state index >= 15 is 0 Å². The van der Waals surface area contributed by atoms with Crippen molar-refractivity contribution in [3.05, 3.63) is 71.7 Å². The zero-order valence-electron chi connectivity index (χ0n) is 19.2. The molecule has 0 saturated heterocycles. The summed E-state index contributed by atoms with van der Waals surface area (Å²) in [4.78, 5) is 8.59. The average molecular weight is 497 g/mol. The second kappa shape index (κ2) is 10.6. The largest absolute Gasteiger partial charge is 0.457 e. The fourth-order valence-corrected chi connectivity index (χ4v) is 3.67. The maximum atomic E-state index is 13.0. The quantitative estimate of drug-likeness (QED) is 0.307. The molecule has 0 fully saturated rings. The van der Waals surface area contributed by atoms with E-state index in [1.807, 2.05) is 0 Å². The molecule has 0 unspecified atom stereocenters. The highest BCUT2D eigenvalue weighted by Gasteiger charge is 2.30. The predicted octanol–water partition coefficient (Wildman–Crippen LogP) is 5.18. The lowest BCUT2D eigenvalue weighted by Gasteiger charge is -2.14. The van der Waals surface area contributed by atoms with Gasteiger partial charge in [0.05, 0.1) is 30.9 Å². The third-order valence-electron chi connectivity index (χ3n) is 5.32. The Morgan fingerprint density at radius 2 is 1.94 bits per heavy atom. The van der Waals surface area contributed by atoms with Gasteiger partial charge in [0.25, 0.3) is 0 Å². The van der Waals surface area contributed by atoms with Crippen molar-refractivity contribution in [2.75, 3.05) is 25.1 Å². The van der Waals surface area contributed by atoms with Gasteiger partial charge in [0.15, 0.2) is 5.82 Å². The number of halogens is 3. The number of ether oxygens (including phenoxy) is 2. The second-order valence-electron chi connectivity index (χ2n) is 7.82. The average Bonchev–Trinajstić information content (AvgIpc) is 3.22. The summed E-state index contributed by atoms with van der Waals surface area (Å²) in [7, 11) is 0. The summed E-state index contributed by atoms with van der Waals surface area (Å²) < 4.78 is 51.8. The number of rotatable bonds is 9. The van der Waals surface area contributed by atoms with E-state index in [2.05, 4.69) is 21.4 Å². The van der Waals surface area contributed by atoms with Gasteiger partial charge in [-0.15, -0.1) is 0 Å². The summed E-state index contributed by atoms with van der Waals surface area (Å²) >= 11 is 0. The van der Waals surface area contributed by atoms with Gasteiger partial charge in [-0.05, 0) is 48.9 Å². The first-order valence-corrected chi connectivity index (χ1v) is 11.0. The molecule has 186 valence electrons. The molecule has 2 N–H and O–H groups in total. The van der Waals surface area contributed by atoms with Crippen molar-refractivity contribution < 1.29 is 27.8 Å². The molecule has 0 aliphatic carbocycles. The molecule has 2 heterocycles. The van der Waals surface area contributed by atoms with E-state index < -0.39 is 11.7 Å². The zero-order chi connectivity index (χ0) is 25.7. The molecule has 0 bridgehead atoms. The van der Waals surface area contributed by atoms with Crippen LogP contribution in [0.5, 0.6) is 11.5 Å². The standard InChI is InChI=1S/C25H22F3N5O3/c1-16-11-18(5-6-22(16)36-20-4-2-3-17(12-20)25(26,27)28)32-24-23-21(30-15-31-24)13-19(14-29)33(23)7-9-35-10-8-34/h2-6,11-13,15,34H,7-10H2,1H3,(H,30,31,32). The highest BCUT2D eigenvalue weighted by atomic mass is 19.4. The van der Waals surface area contributed by atoms with Crippen molar-refractivity contribution in [2.24, 2.45) is 0 Å². The van der Waals surface area contributed by atoms with E-state index in [-0.39, 0.29) is 25.6 Å². The maximum Gasteiger partial charge on any atom is 0.416 e. The highest BCUT2D eigenvalue weighted by Crippen LogP contribution is 2.34. The van der Waals surface area contributed by atoms with Crippen molar-refractivity contribution in [3.63, 3.8) is 0 Å². The molecule has 0 spiro atoms. The van der Waals surface area contributed by atoms with Gasteiger partial charge in [-0.3, -0.25) is 0 Å². The SMILES string of the molecule is Cc1cc(Nc2ncnc3cc(C#N)n(CCOCCO)c23)ccc1Oc1cccc(C(F)(F)F)c1. The third kappa shape index (κ3) is 5.56. The normalized spacial score (nSPS) is 11.4. The van der Waals surface area contributed by atoms with Crippen LogP contribution in [0.3, 0.4) is 0 Å². The fourth-order valence-electron chi connectivity index (χ4n) is 3.67. The number of anilines is 2. The predicted molar refractivity (Wildman–Crippen MR) is 126 cm³/mol. The fraction of sp³-hybridized carbons (Fsp3) is 0.240. The van der Waals surface area contributed by atoms with Crippen LogP contribution in [0.2, 0.25) is 0 Å². The number of aryl methyl sites for hydroxylation is 1. The molecule has 8 nitrogen and oxygen atoms in total. The maximum absolute atomic E-state index is 13.0. The Morgan fingerprint density at radius 3 is 2.67 bits per heavy atom. The Hall–Kier alpha value is -4.14. The van der Waals surface area contributed by atoms with Crippen LogP contribution in [0.15, 0.2) is 54.9 Å². The number of hydrogen-bond donors (Lipinski definition) is 2. The van der Waals surface area contributed by atoms with Gasteiger partial charge < -0.3 is 24.5 Å². The smallest absolute Gasteiger partial charge is 0.416 e.